The molecule has 1 amide bonds. The van der Waals surface area contributed by atoms with Crippen molar-refractivity contribution < 1.29 is 4.79 Å². The van der Waals surface area contributed by atoms with Crippen molar-refractivity contribution in [3.05, 3.63) is 35.4 Å². The van der Waals surface area contributed by atoms with Gasteiger partial charge in [0, 0.05) is 18.7 Å². The minimum atomic E-state index is 0.0386. The number of nitrogens with two attached hydrogens (primary N) is 1. The largest absolute Gasteiger partial charge is 0.352 e. The van der Waals surface area contributed by atoms with Gasteiger partial charge in [0.15, 0.2) is 0 Å². The Morgan fingerprint density at radius 3 is 2.60 bits per heavy atom. The lowest BCUT2D eigenvalue weighted by atomic mass is 9.86. The summed E-state index contributed by atoms with van der Waals surface area (Å²) in [6.45, 7) is 1.33. The Bertz CT molecular complexity index is 468. The first-order valence-corrected chi connectivity index (χ1v) is 7.83. The molecule has 3 nitrogen and oxygen atoms in total. The van der Waals surface area contributed by atoms with Crippen molar-refractivity contribution in [3.8, 4) is 0 Å². The van der Waals surface area contributed by atoms with Crippen molar-refractivity contribution in [1.29, 1.82) is 0 Å². The highest BCUT2D eigenvalue weighted by atomic mass is 16.1. The predicted octanol–water partition coefficient (Wildman–Crippen LogP) is 2.70. The van der Waals surface area contributed by atoms with Crippen molar-refractivity contribution in [2.24, 2.45) is 23.5 Å². The van der Waals surface area contributed by atoms with Crippen LogP contribution in [0.15, 0.2) is 24.3 Å². The van der Waals surface area contributed by atoms with E-state index >= 15 is 0 Å². The number of fused-ring (bicyclic) bond motifs is 2. The average molecular weight is 272 g/mol. The third-order valence-electron chi connectivity index (χ3n) is 5.14. The Labute approximate surface area is 120 Å². The molecule has 2 aliphatic carbocycles. The summed E-state index contributed by atoms with van der Waals surface area (Å²) >= 11 is 0. The van der Waals surface area contributed by atoms with Crippen LogP contribution in [0.5, 0.6) is 0 Å². The Morgan fingerprint density at radius 2 is 2.00 bits per heavy atom. The van der Waals surface area contributed by atoms with E-state index < -0.39 is 0 Å². The maximum atomic E-state index is 12.0. The molecule has 2 aliphatic rings. The molecule has 1 aromatic rings. The molecule has 3 atom stereocenters. The molecule has 0 spiro atoms. The lowest BCUT2D eigenvalue weighted by Gasteiger charge is -2.21. The minimum Gasteiger partial charge on any atom is -0.352 e. The van der Waals surface area contributed by atoms with Gasteiger partial charge in [-0.15, -0.1) is 0 Å². The van der Waals surface area contributed by atoms with Crippen molar-refractivity contribution in [3.63, 3.8) is 0 Å². The van der Waals surface area contributed by atoms with E-state index in [2.05, 4.69) is 5.32 Å². The Hall–Kier alpha value is -1.35. The molecule has 1 aromatic carbocycles. The Balaban J connectivity index is 1.44. The molecule has 108 valence electrons. The molecule has 2 saturated carbocycles. The molecule has 0 aliphatic heterocycles. The van der Waals surface area contributed by atoms with Crippen LogP contribution in [0.3, 0.4) is 0 Å². The highest BCUT2D eigenvalue weighted by molar-refractivity contribution is 5.94. The van der Waals surface area contributed by atoms with E-state index in [0.717, 1.165) is 41.8 Å². The Morgan fingerprint density at radius 1 is 1.20 bits per heavy atom. The van der Waals surface area contributed by atoms with Gasteiger partial charge < -0.3 is 11.1 Å². The van der Waals surface area contributed by atoms with Gasteiger partial charge in [0.25, 0.3) is 5.91 Å². The number of nitrogens with one attached hydrogen (secondary N) is 1. The normalized spacial score (nSPS) is 27.8. The summed E-state index contributed by atoms with van der Waals surface area (Å²) in [6, 6.07) is 7.56. The SMILES string of the molecule is NCc1ccc(C(=O)NCCC2CC3CCC2C3)cc1. The van der Waals surface area contributed by atoms with Crippen molar-refractivity contribution in [2.75, 3.05) is 6.54 Å². The molecule has 20 heavy (non-hydrogen) atoms. The quantitative estimate of drug-likeness (QED) is 0.866. The molecule has 0 saturated heterocycles. The van der Waals surface area contributed by atoms with Crippen molar-refractivity contribution in [2.45, 2.75) is 38.6 Å². The number of carbonyl (C=O) groups is 1. The van der Waals surface area contributed by atoms with Crippen LogP contribution in [0, 0.1) is 17.8 Å². The monoisotopic (exact) mass is 272 g/mol. The van der Waals surface area contributed by atoms with Crippen molar-refractivity contribution >= 4 is 5.91 Å². The second kappa shape index (κ2) is 5.96. The lowest BCUT2D eigenvalue weighted by molar-refractivity contribution is 0.0949. The van der Waals surface area contributed by atoms with Gasteiger partial charge >= 0.3 is 0 Å². The number of carbonyl (C=O) groups excluding carboxylic acids is 1. The maximum absolute atomic E-state index is 12.0. The summed E-state index contributed by atoms with van der Waals surface area (Å²) in [6.07, 6.45) is 6.85. The maximum Gasteiger partial charge on any atom is 0.251 e. The van der Waals surface area contributed by atoms with Gasteiger partial charge in [0.2, 0.25) is 0 Å². The first-order chi connectivity index (χ1) is 9.76. The zero-order chi connectivity index (χ0) is 13.9. The summed E-state index contributed by atoms with van der Waals surface area (Å²) in [5.41, 5.74) is 7.35. The summed E-state index contributed by atoms with van der Waals surface area (Å²) in [5, 5.41) is 3.05. The molecular weight excluding hydrogens is 248 g/mol. The first kappa shape index (κ1) is 13.6. The van der Waals surface area contributed by atoms with Gasteiger partial charge in [0.05, 0.1) is 0 Å². The molecule has 3 unspecified atom stereocenters. The highest BCUT2D eigenvalue weighted by Crippen LogP contribution is 2.49. The van der Waals surface area contributed by atoms with E-state index in [0.29, 0.717) is 6.54 Å². The van der Waals surface area contributed by atoms with Gasteiger partial charge in [0.1, 0.15) is 0 Å². The zero-order valence-electron chi connectivity index (χ0n) is 12.0. The van der Waals surface area contributed by atoms with Crippen LogP contribution in [-0.4, -0.2) is 12.5 Å². The summed E-state index contributed by atoms with van der Waals surface area (Å²) in [5.74, 6) is 2.83. The van der Waals surface area contributed by atoms with Gasteiger partial charge in [-0.1, -0.05) is 18.6 Å². The fourth-order valence-electron chi connectivity index (χ4n) is 4.00. The van der Waals surface area contributed by atoms with E-state index in [1.165, 1.54) is 25.7 Å². The molecule has 3 rings (SSSR count). The number of benzene rings is 1. The number of amides is 1. The second-order valence-electron chi connectivity index (χ2n) is 6.38. The lowest BCUT2D eigenvalue weighted by Crippen LogP contribution is -2.27. The Kier molecular flexibility index (Phi) is 4.06. The van der Waals surface area contributed by atoms with E-state index in [9.17, 15) is 4.79 Å². The molecule has 0 heterocycles. The van der Waals surface area contributed by atoms with Gasteiger partial charge in [-0.05, 0) is 61.1 Å². The van der Waals surface area contributed by atoms with Crippen LogP contribution in [0.2, 0.25) is 0 Å². The molecule has 2 bridgehead atoms. The molecular formula is C17H24N2O. The van der Waals surface area contributed by atoms with Gasteiger partial charge in [-0.25, -0.2) is 0 Å². The van der Waals surface area contributed by atoms with Crippen LogP contribution in [-0.2, 0) is 6.54 Å². The van der Waals surface area contributed by atoms with Crippen LogP contribution in [0.1, 0.15) is 48.0 Å². The number of hydrogen-bond donors (Lipinski definition) is 2. The van der Waals surface area contributed by atoms with E-state index in [-0.39, 0.29) is 5.91 Å². The first-order valence-electron chi connectivity index (χ1n) is 7.83. The van der Waals surface area contributed by atoms with Crippen LogP contribution in [0.4, 0.5) is 0 Å². The topological polar surface area (TPSA) is 55.1 Å². The molecule has 0 radical (unpaired) electrons. The average Bonchev–Trinajstić information content (AvgIpc) is 3.10. The van der Waals surface area contributed by atoms with E-state index in [4.69, 9.17) is 5.73 Å². The molecule has 3 heteroatoms. The van der Waals surface area contributed by atoms with Crippen LogP contribution >= 0.6 is 0 Å². The van der Waals surface area contributed by atoms with Gasteiger partial charge in [-0.2, -0.15) is 0 Å². The summed E-state index contributed by atoms with van der Waals surface area (Å²) in [4.78, 5) is 12.0. The standard InChI is InChI=1S/C17H24N2O/c18-11-12-1-4-14(5-2-12)17(20)19-8-7-16-10-13-3-6-15(16)9-13/h1-2,4-5,13,15-16H,3,6-11,18H2,(H,19,20). The summed E-state index contributed by atoms with van der Waals surface area (Å²) in [7, 11) is 0. The second-order valence-corrected chi connectivity index (χ2v) is 6.38. The van der Waals surface area contributed by atoms with Crippen LogP contribution in [0.25, 0.3) is 0 Å². The fraction of sp³-hybridized carbons (Fsp3) is 0.588. The predicted molar refractivity (Wildman–Crippen MR) is 80.2 cm³/mol. The summed E-state index contributed by atoms with van der Waals surface area (Å²) < 4.78 is 0. The van der Waals surface area contributed by atoms with Gasteiger partial charge in [-0.3, -0.25) is 4.79 Å². The molecule has 2 fully saturated rings. The zero-order valence-corrected chi connectivity index (χ0v) is 12.0. The third-order valence-corrected chi connectivity index (χ3v) is 5.14. The molecule has 0 aromatic heterocycles. The number of hydrogen-bond acceptors (Lipinski definition) is 2. The fourth-order valence-corrected chi connectivity index (χ4v) is 4.00. The molecule has 3 N–H and O–H groups in total. The third kappa shape index (κ3) is 2.88. The minimum absolute atomic E-state index is 0.0386. The number of rotatable bonds is 5. The highest BCUT2D eigenvalue weighted by Gasteiger charge is 2.38. The van der Waals surface area contributed by atoms with E-state index in [1.54, 1.807) is 0 Å². The van der Waals surface area contributed by atoms with E-state index in [1.807, 2.05) is 24.3 Å². The van der Waals surface area contributed by atoms with Crippen LogP contribution < -0.4 is 11.1 Å². The van der Waals surface area contributed by atoms with Crippen molar-refractivity contribution in [1.82, 2.24) is 5.32 Å². The smallest absolute Gasteiger partial charge is 0.251 e.